The van der Waals surface area contributed by atoms with Gasteiger partial charge in [-0.2, -0.15) is 0 Å². The highest BCUT2D eigenvalue weighted by Gasteiger charge is 2.04. The first-order valence-corrected chi connectivity index (χ1v) is 5.30. The number of nitrogens with zero attached hydrogens (tertiary/aromatic N) is 3. The third-order valence-electron chi connectivity index (χ3n) is 2.66. The lowest BCUT2D eigenvalue weighted by atomic mass is 10.3. The lowest BCUT2D eigenvalue weighted by Crippen LogP contribution is -2.27. The van der Waals surface area contributed by atoms with E-state index in [0.29, 0.717) is 11.7 Å². The first kappa shape index (κ1) is 11.9. The van der Waals surface area contributed by atoms with E-state index in [4.69, 9.17) is 0 Å². The summed E-state index contributed by atoms with van der Waals surface area (Å²) in [6.07, 6.45) is 5.18. The van der Waals surface area contributed by atoms with Crippen LogP contribution in [0.1, 0.15) is 30.8 Å². The standard InChI is InChI=1S/C11H19N3O/c1-10(2)13(3)5-4-6-14-9-12-7-11(14)8-15/h7-10H,4-6H2,1-3H3. The number of hydrogen-bond donors (Lipinski definition) is 0. The maximum absolute atomic E-state index is 10.6. The Kier molecular flexibility index (Phi) is 4.49. The molecule has 0 radical (unpaired) electrons. The fourth-order valence-corrected chi connectivity index (χ4v) is 1.36. The monoisotopic (exact) mass is 209 g/mol. The van der Waals surface area contributed by atoms with E-state index in [1.54, 1.807) is 12.5 Å². The summed E-state index contributed by atoms with van der Waals surface area (Å²) < 4.78 is 1.89. The number of rotatable bonds is 6. The molecule has 0 aliphatic rings. The van der Waals surface area contributed by atoms with Crippen molar-refractivity contribution in [2.45, 2.75) is 32.9 Å². The molecule has 0 aromatic carbocycles. The molecule has 0 spiro atoms. The minimum atomic E-state index is 0.568. The molecule has 0 aliphatic carbocycles. The molecule has 1 rings (SSSR count). The van der Waals surface area contributed by atoms with Crippen molar-refractivity contribution >= 4 is 6.29 Å². The van der Waals surface area contributed by atoms with Crippen LogP contribution in [0.25, 0.3) is 0 Å². The topological polar surface area (TPSA) is 38.1 Å². The molecule has 0 atom stereocenters. The summed E-state index contributed by atoms with van der Waals surface area (Å²) in [6.45, 7) is 6.24. The van der Waals surface area contributed by atoms with Gasteiger partial charge in [0.15, 0.2) is 6.29 Å². The van der Waals surface area contributed by atoms with Gasteiger partial charge in [0.1, 0.15) is 5.69 Å². The van der Waals surface area contributed by atoms with E-state index in [-0.39, 0.29) is 0 Å². The van der Waals surface area contributed by atoms with Crippen molar-refractivity contribution in [3.8, 4) is 0 Å². The summed E-state index contributed by atoms with van der Waals surface area (Å²) in [6, 6.07) is 0.568. The zero-order valence-corrected chi connectivity index (χ0v) is 9.68. The summed E-state index contributed by atoms with van der Waals surface area (Å²) in [5, 5.41) is 0. The first-order chi connectivity index (χ1) is 7.15. The Morgan fingerprint density at radius 2 is 2.33 bits per heavy atom. The first-order valence-electron chi connectivity index (χ1n) is 5.30. The largest absolute Gasteiger partial charge is 0.328 e. The van der Waals surface area contributed by atoms with E-state index < -0.39 is 0 Å². The third-order valence-corrected chi connectivity index (χ3v) is 2.66. The van der Waals surface area contributed by atoms with Gasteiger partial charge in [-0.3, -0.25) is 4.79 Å². The van der Waals surface area contributed by atoms with E-state index >= 15 is 0 Å². The fourth-order valence-electron chi connectivity index (χ4n) is 1.36. The van der Waals surface area contributed by atoms with Crippen molar-refractivity contribution in [3.05, 3.63) is 18.2 Å². The minimum absolute atomic E-state index is 0.568. The van der Waals surface area contributed by atoms with Crippen LogP contribution in [0, 0.1) is 0 Å². The number of aryl methyl sites for hydroxylation is 1. The van der Waals surface area contributed by atoms with Gasteiger partial charge in [0.2, 0.25) is 0 Å². The number of hydrogen-bond acceptors (Lipinski definition) is 3. The van der Waals surface area contributed by atoms with Crippen LogP contribution >= 0.6 is 0 Å². The number of carbonyl (C=O) groups is 1. The predicted octanol–water partition coefficient (Wildman–Crippen LogP) is 1.43. The van der Waals surface area contributed by atoms with Crippen LogP contribution < -0.4 is 0 Å². The Morgan fingerprint density at radius 1 is 1.60 bits per heavy atom. The van der Waals surface area contributed by atoms with Gasteiger partial charge < -0.3 is 9.47 Å². The van der Waals surface area contributed by atoms with Crippen molar-refractivity contribution in [2.75, 3.05) is 13.6 Å². The molecule has 4 heteroatoms. The fraction of sp³-hybridized carbons (Fsp3) is 0.636. The van der Waals surface area contributed by atoms with Crippen molar-refractivity contribution in [3.63, 3.8) is 0 Å². The van der Waals surface area contributed by atoms with Crippen LogP contribution in [-0.2, 0) is 6.54 Å². The Hall–Kier alpha value is -1.16. The zero-order valence-electron chi connectivity index (χ0n) is 9.68. The van der Waals surface area contributed by atoms with E-state index in [1.807, 2.05) is 4.57 Å². The molecule has 0 aliphatic heterocycles. The third kappa shape index (κ3) is 3.47. The van der Waals surface area contributed by atoms with Crippen molar-refractivity contribution < 1.29 is 4.79 Å². The average Bonchev–Trinajstić information content (AvgIpc) is 2.65. The Bertz CT molecular complexity index is 307. The molecule has 1 heterocycles. The predicted molar refractivity (Wildman–Crippen MR) is 60.0 cm³/mol. The molecule has 0 bridgehead atoms. The van der Waals surface area contributed by atoms with Gasteiger partial charge in [-0.15, -0.1) is 0 Å². The Balaban J connectivity index is 2.34. The summed E-state index contributed by atoms with van der Waals surface area (Å²) in [4.78, 5) is 16.9. The molecule has 0 N–H and O–H groups in total. The van der Waals surface area contributed by atoms with Crippen LogP contribution in [0.4, 0.5) is 0 Å². The van der Waals surface area contributed by atoms with E-state index in [0.717, 1.165) is 25.8 Å². The van der Waals surface area contributed by atoms with Crippen molar-refractivity contribution in [1.29, 1.82) is 0 Å². The van der Waals surface area contributed by atoms with Gasteiger partial charge in [0, 0.05) is 12.6 Å². The van der Waals surface area contributed by atoms with Crippen LogP contribution in [0.2, 0.25) is 0 Å². The second-order valence-electron chi connectivity index (χ2n) is 4.06. The molecule has 84 valence electrons. The quantitative estimate of drug-likeness (QED) is 0.665. The molecule has 15 heavy (non-hydrogen) atoms. The van der Waals surface area contributed by atoms with Crippen LogP contribution in [0.3, 0.4) is 0 Å². The Labute approximate surface area is 90.9 Å². The molecular weight excluding hydrogens is 190 g/mol. The maximum Gasteiger partial charge on any atom is 0.168 e. The molecule has 1 aromatic heterocycles. The van der Waals surface area contributed by atoms with Crippen molar-refractivity contribution in [1.82, 2.24) is 14.5 Å². The summed E-state index contributed by atoms with van der Waals surface area (Å²) in [7, 11) is 2.11. The van der Waals surface area contributed by atoms with Gasteiger partial charge in [0.25, 0.3) is 0 Å². The SMILES string of the molecule is CC(C)N(C)CCCn1cncc1C=O. The lowest BCUT2D eigenvalue weighted by molar-refractivity contribution is 0.111. The molecule has 0 fully saturated rings. The molecule has 0 amide bonds. The lowest BCUT2D eigenvalue weighted by Gasteiger charge is -2.20. The van der Waals surface area contributed by atoms with Gasteiger partial charge in [0.05, 0.1) is 12.5 Å². The van der Waals surface area contributed by atoms with Crippen LogP contribution in [-0.4, -0.2) is 40.4 Å². The number of imidazole rings is 1. The summed E-state index contributed by atoms with van der Waals surface area (Å²) >= 11 is 0. The number of aromatic nitrogens is 2. The van der Waals surface area contributed by atoms with E-state index in [1.165, 1.54) is 0 Å². The highest BCUT2D eigenvalue weighted by molar-refractivity contribution is 5.71. The van der Waals surface area contributed by atoms with Gasteiger partial charge in [-0.25, -0.2) is 4.98 Å². The zero-order chi connectivity index (χ0) is 11.3. The number of aldehydes is 1. The average molecular weight is 209 g/mol. The highest BCUT2D eigenvalue weighted by Crippen LogP contribution is 2.00. The van der Waals surface area contributed by atoms with Gasteiger partial charge >= 0.3 is 0 Å². The van der Waals surface area contributed by atoms with Crippen LogP contribution in [0.15, 0.2) is 12.5 Å². The molecule has 0 unspecified atom stereocenters. The molecule has 4 nitrogen and oxygen atoms in total. The highest BCUT2D eigenvalue weighted by atomic mass is 16.1. The molecule has 0 saturated heterocycles. The van der Waals surface area contributed by atoms with E-state index in [9.17, 15) is 4.79 Å². The summed E-state index contributed by atoms with van der Waals surface area (Å²) in [5.41, 5.74) is 0.655. The Morgan fingerprint density at radius 3 is 2.93 bits per heavy atom. The van der Waals surface area contributed by atoms with Gasteiger partial charge in [-0.05, 0) is 33.9 Å². The second kappa shape index (κ2) is 5.66. The molecule has 0 saturated carbocycles. The summed E-state index contributed by atoms with van der Waals surface area (Å²) in [5.74, 6) is 0. The van der Waals surface area contributed by atoms with Crippen LogP contribution in [0.5, 0.6) is 0 Å². The molecule has 1 aromatic rings. The normalized spacial score (nSPS) is 11.3. The second-order valence-corrected chi connectivity index (χ2v) is 4.06. The minimum Gasteiger partial charge on any atom is -0.328 e. The maximum atomic E-state index is 10.6. The number of carbonyl (C=O) groups excluding carboxylic acids is 1. The van der Waals surface area contributed by atoms with E-state index in [2.05, 4.69) is 30.8 Å². The van der Waals surface area contributed by atoms with Crippen molar-refractivity contribution in [2.24, 2.45) is 0 Å². The smallest absolute Gasteiger partial charge is 0.168 e. The molecular formula is C11H19N3O. The van der Waals surface area contributed by atoms with Gasteiger partial charge in [-0.1, -0.05) is 0 Å².